The van der Waals surface area contributed by atoms with Gasteiger partial charge in [0.15, 0.2) is 21.4 Å². The third-order valence-corrected chi connectivity index (χ3v) is 7.20. The van der Waals surface area contributed by atoms with Gasteiger partial charge in [0.2, 0.25) is 5.91 Å². The highest BCUT2D eigenvalue weighted by molar-refractivity contribution is 7.91. The Morgan fingerprint density at radius 3 is 2.56 bits per heavy atom. The van der Waals surface area contributed by atoms with Gasteiger partial charge in [0.25, 0.3) is 0 Å². The Morgan fingerprint density at radius 2 is 1.96 bits per heavy atom. The summed E-state index contributed by atoms with van der Waals surface area (Å²) >= 11 is 0. The van der Waals surface area contributed by atoms with Gasteiger partial charge < -0.3 is 15.0 Å². The molecule has 1 aromatic carbocycles. The molecule has 1 saturated carbocycles. The number of anilines is 1. The fourth-order valence-corrected chi connectivity index (χ4v) is 5.82. The highest BCUT2D eigenvalue weighted by Gasteiger charge is 2.38. The number of halogens is 1. The third kappa shape index (κ3) is 4.91. The number of methoxy groups -OCH3 is 1. The third-order valence-electron chi connectivity index (χ3n) is 5.45. The van der Waals surface area contributed by atoms with E-state index in [1.807, 2.05) is 0 Å². The highest BCUT2D eigenvalue weighted by Crippen LogP contribution is 2.28. The minimum absolute atomic E-state index is 0.0127. The molecule has 2 fully saturated rings. The van der Waals surface area contributed by atoms with Crippen molar-refractivity contribution in [2.24, 2.45) is 0 Å². The van der Waals surface area contributed by atoms with Gasteiger partial charge in [-0.15, -0.1) is 0 Å². The normalized spacial score (nSPS) is 22.4. The maximum Gasteiger partial charge on any atom is 0.242 e. The Bertz CT molecular complexity index is 778. The molecule has 1 unspecified atom stereocenters. The van der Waals surface area contributed by atoms with E-state index < -0.39 is 15.7 Å². The number of rotatable bonds is 6. The van der Waals surface area contributed by atoms with Crippen LogP contribution in [-0.4, -0.2) is 56.5 Å². The number of ether oxygens (including phenoxy) is 1. The van der Waals surface area contributed by atoms with Crippen molar-refractivity contribution in [3.05, 3.63) is 24.0 Å². The lowest BCUT2D eigenvalue weighted by molar-refractivity contribution is -0.134. The quantitative estimate of drug-likeness (QED) is 0.797. The topological polar surface area (TPSA) is 75.7 Å². The monoisotopic (exact) mass is 398 g/mol. The minimum atomic E-state index is -3.07. The zero-order valence-electron chi connectivity index (χ0n) is 15.6. The van der Waals surface area contributed by atoms with Crippen LogP contribution in [0.5, 0.6) is 5.75 Å². The maximum atomic E-state index is 13.8. The first-order chi connectivity index (χ1) is 12.9. The lowest BCUT2D eigenvalue weighted by Crippen LogP contribution is -2.50. The molecular weight excluding hydrogens is 371 g/mol. The highest BCUT2D eigenvalue weighted by atomic mass is 32.2. The summed E-state index contributed by atoms with van der Waals surface area (Å²) in [5.41, 5.74) is 0.490. The molecular formula is C19H27FN2O4S. The summed E-state index contributed by atoms with van der Waals surface area (Å²) in [5, 5.41) is 2.96. The molecule has 1 heterocycles. The van der Waals surface area contributed by atoms with Crippen molar-refractivity contribution in [1.29, 1.82) is 0 Å². The number of hydrogen-bond donors (Lipinski definition) is 1. The van der Waals surface area contributed by atoms with E-state index >= 15 is 0 Å². The van der Waals surface area contributed by atoms with Crippen LogP contribution in [0.3, 0.4) is 0 Å². The van der Waals surface area contributed by atoms with Gasteiger partial charge in [0, 0.05) is 23.8 Å². The second kappa shape index (κ2) is 8.46. The Balaban J connectivity index is 1.69. The fraction of sp³-hybridized carbons (Fsp3) is 0.632. The summed E-state index contributed by atoms with van der Waals surface area (Å²) in [7, 11) is -1.68. The largest absolute Gasteiger partial charge is 0.494 e. The van der Waals surface area contributed by atoms with E-state index in [-0.39, 0.29) is 41.8 Å². The van der Waals surface area contributed by atoms with Crippen LogP contribution < -0.4 is 10.1 Å². The first-order valence-corrected chi connectivity index (χ1v) is 11.3. The van der Waals surface area contributed by atoms with Crippen LogP contribution in [-0.2, 0) is 14.6 Å². The first-order valence-electron chi connectivity index (χ1n) is 9.48. The van der Waals surface area contributed by atoms with Gasteiger partial charge in [-0.05, 0) is 31.4 Å². The summed E-state index contributed by atoms with van der Waals surface area (Å²) in [6.07, 6.45) is 5.61. The van der Waals surface area contributed by atoms with Gasteiger partial charge in [-0.3, -0.25) is 4.79 Å². The summed E-state index contributed by atoms with van der Waals surface area (Å²) in [4.78, 5) is 14.8. The molecule has 3 rings (SSSR count). The molecule has 1 saturated heterocycles. The van der Waals surface area contributed by atoms with Crippen LogP contribution in [0.25, 0.3) is 0 Å². The lowest BCUT2D eigenvalue weighted by Gasteiger charge is -2.38. The molecule has 0 bridgehead atoms. The Hall–Kier alpha value is -1.83. The van der Waals surface area contributed by atoms with Crippen LogP contribution in [0.2, 0.25) is 0 Å². The molecule has 1 aliphatic heterocycles. The van der Waals surface area contributed by atoms with Gasteiger partial charge in [-0.1, -0.05) is 19.3 Å². The Kier molecular flexibility index (Phi) is 6.24. The molecule has 8 heteroatoms. The van der Waals surface area contributed by atoms with E-state index in [1.54, 1.807) is 11.0 Å². The molecule has 27 heavy (non-hydrogen) atoms. The fourth-order valence-electron chi connectivity index (χ4n) is 4.10. The number of benzene rings is 1. The first kappa shape index (κ1) is 19.9. The second-order valence-electron chi connectivity index (χ2n) is 7.35. The molecule has 1 aromatic rings. The summed E-state index contributed by atoms with van der Waals surface area (Å²) in [6, 6.07) is 4.29. The summed E-state index contributed by atoms with van der Waals surface area (Å²) in [6.45, 7) is 0.0127. The minimum Gasteiger partial charge on any atom is -0.494 e. The van der Waals surface area contributed by atoms with E-state index in [0.717, 1.165) is 32.1 Å². The maximum absolute atomic E-state index is 13.8. The van der Waals surface area contributed by atoms with Gasteiger partial charge in [-0.25, -0.2) is 12.8 Å². The number of hydrogen-bond acceptors (Lipinski definition) is 5. The summed E-state index contributed by atoms with van der Waals surface area (Å²) < 4.78 is 42.6. The molecule has 150 valence electrons. The number of sulfone groups is 1. The van der Waals surface area contributed by atoms with Crippen LogP contribution in [0, 0.1) is 5.82 Å². The Labute approximate surface area is 160 Å². The van der Waals surface area contributed by atoms with Crippen LogP contribution in [0.4, 0.5) is 10.1 Å². The van der Waals surface area contributed by atoms with Crippen molar-refractivity contribution in [2.75, 3.05) is 30.5 Å². The SMILES string of the molecule is COc1ccc(NCC(=O)N(C2CCCCC2)C2CCS(=O)(=O)C2)cc1F. The van der Waals surface area contributed by atoms with Crippen LogP contribution in [0.15, 0.2) is 18.2 Å². The molecule has 1 atom stereocenters. The average molecular weight is 399 g/mol. The molecule has 0 aromatic heterocycles. The average Bonchev–Trinajstić information content (AvgIpc) is 3.00. The van der Waals surface area contributed by atoms with E-state index in [1.165, 1.54) is 19.2 Å². The van der Waals surface area contributed by atoms with Crippen molar-refractivity contribution < 1.29 is 22.3 Å². The van der Waals surface area contributed by atoms with Crippen molar-refractivity contribution in [3.63, 3.8) is 0 Å². The second-order valence-corrected chi connectivity index (χ2v) is 9.58. The zero-order valence-corrected chi connectivity index (χ0v) is 16.4. The molecule has 1 aliphatic carbocycles. The Morgan fingerprint density at radius 1 is 1.22 bits per heavy atom. The number of amides is 1. The summed E-state index contributed by atoms with van der Waals surface area (Å²) in [5.74, 6) is -0.286. The van der Waals surface area contributed by atoms with Crippen LogP contribution >= 0.6 is 0 Å². The van der Waals surface area contributed by atoms with E-state index in [0.29, 0.717) is 12.1 Å². The molecule has 0 spiro atoms. The molecule has 2 aliphatic rings. The molecule has 0 radical (unpaired) electrons. The smallest absolute Gasteiger partial charge is 0.242 e. The van der Waals surface area contributed by atoms with Crippen molar-refractivity contribution in [2.45, 2.75) is 50.6 Å². The molecule has 6 nitrogen and oxygen atoms in total. The number of nitrogens with one attached hydrogen (secondary N) is 1. The number of carbonyl (C=O) groups is 1. The van der Waals surface area contributed by atoms with Crippen LogP contribution in [0.1, 0.15) is 38.5 Å². The standard InChI is InChI=1S/C19H27FN2O4S/c1-26-18-8-7-14(11-17(18)20)21-12-19(23)22(15-5-3-2-4-6-15)16-9-10-27(24,25)13-16/h7-8,11,15-16,21H,2-6,9-10,12-13H2,1H3. The van der Waals surface area contributed by atoms with Gasteiger partial charge in [0.1, 0.15) is 0 Å². The molecule has 1 N–H and O–H groups in total. The van der Waals surface area contributed by atoms with E-state index in [9.17, 15) is 17.6 Å². The predicted octanol–water partition coefficient (Wildman–Crippen LogP) is 2.59. The van der Waals surface area contributed by atoms with Crippen molar-refractivity contribution in [1.82, 2.24) is 4.90 Å². The van der Waals surface area contributed by atoms with E-state index in [2.05, 4.69) is 5.32 Å². The van der Waals surface area contributed by atoms with Crippen molar-refractivity contribution >= 4 is 21.4 Å². The van der Waals surface area contributed by atoms with Gasteiger partial charge >= 0.3 is 0 Å². The van der Waals surface area contributed by atoms with Gasteiger partial charge in [-0.2, -0.15) is 0 Å². The predicted molar refractivity (Wildman–Crippen MR) is 102 cm³/mol. The molecule has 1 amide bonds. The lowest BCUT2D eigenvalue weighted by atomic mass is 9.93. The number of nitrogens with zero attached hydrogens (tertiary/aromatic N) is 1. The number of carbonyl (C=O) groups excluding carboxylic acids is 1. The van der Waals surface area contributed by atoms with Crippen molar-refractivity contribution in [3.8, 4) is 5.75 Å². The van der Waals surface area contributed by atoms with E-state index in [4.69, 9.17) is 4.74 Å². The zero-order chi connectivity index (χ0) is 19.4. The van der Waals surface area contributed by atoms with Gasteiger partial charge in [0.05, 0.1) is 25.2 Å².